The van der Waals surface area contributed by atoms with E-state index in [1.54, 1.807) is 7.11 Å². The van der Waals surface area contributed by atoms with Gasteiger partial charge in [-0.05, 0) is 37.5 Å². The van der Waals surface area contributed by atoms with Gasteiger partial charge in [-0.1, -0.05) is 12.1 Å². The van der Waals surface area contributed by atoms with Gasteiger partial charge < -0.3 is 29.3 Å². The van der Waals surface area contributed by atoms with Crippen molar-refractivity contribution >= 4 is 11.9 Å². The van der Waals surface area contributed by atoms with Crippen LogP contribution in [0.3, 0.4) is 0 Å². The molecular weight excluding hydrogens is 408 g/mol. The summed E-state index contributed by atoms with van der Waals surface area (Å²) < 4.78 is 16.2. The number of aliphatic imine (C=N–C) groups is 1. The van der Waals surface area contributed by atoms with E-state index in [1.165, 1.54) is 0 Å². The Bertz CT molecular complexity index is 728. The Morgan fingerprint density at radius 1 is 1.16 bits per heavy atom. The molecule has 0 atom stereocenters. The predicted molar refractivity (Wildman–Crippen MR) is 125 cm³/mol. The normalized spacial score (nSPS) is 18.0. The lowest BCUT2D eigenvalue weighted by Crippen LogP contribution is -2.50. The van der Waals surface area contributed by atoms with E-state index in [1.807, 2.05) is 23.1 Å². The highest BCUT2D eigenvalue weighted by molar-refractivity contribution is 5.82. The van der Waals surface area contributed by atoms with Crippen molar-refractivity contribution in [2.24, 2.45) is 10.9 Å². The fraction of sp³-hybridized carbons (Fsp3) is 0.667. The summed E-state index contributed by atoms with van der Waals surface area (Å²) >= 11 is 0. The van der Waals surface area contributed by atoms with Crippen LogP contribution in [0.15, 0.2) is 29.3 Å². The van der Waals surface area contributed by atoms with Crippen molar-refractivity contribution in [1.82, 2.24) is 15.1 Å². The van der Waals surface area contributed by atoms with E-state index in [0.29, 0.717) is 33.0 Å². The maximum atomic E-state index is 12.8. The van der Waals surface area contributed by atoms with Gasteiger partial charge in [-0.15, -0.1) is 0 Å². The zero-order valence-corrected chi connectivity index (χ0v) is 19.6. The fourth-order valence-electron chi connectivity index (χ4n) is 4.10. The molecule has 1 N–H and O–H groups in total. The Hall–Kier alpha value is -2.32. The second-order valence-electron chi connectivity index (χ2n) is 8.21. The van der Waals surface area contributed by atoms with Gasteiger partial charge in [0.2, 0.25) is 5.91 Å². The van der Waals surface area contributed by atoms with Crippen LogP contribution in [0.4, 0.5) is 0 Å². The maximum absolute atomic E-state index is 12.8. The molecule has 1 aromatic rings. The number of methoxy groups -OCH3 is 1. The van der Waals surface area contributed by atoms with Crippen molar-refractivity contribution in [2.75, 3.05) is 66.3 Å². The largest absolute Gasteiger partial charge is 0.493 e. The summed E-state index contributed by atoms with van der Waals surface area (Å²) in [5.74, 6) is 2.17. The molecule has 2 saturated heterocycles. The fourth-order valence-corrected chi connectivity index (χ4v) is 4.10. The van der Waals surface area contributed by atoms with E-state index in [2.05, 4.69) is 23.2 Å². The maximum Gasteiger partial charge on any atom is 0.225 e. The number of likely N-dealkylation sites (tertiary alicyclic amines) is 1. The van der Waals surface area contributed by atoms with Crippen LogP contribution in [0.5, 0.6) is 5.75 Å². The third kappa shape index (κ3) is 7.38. The van der Waals surface area contributed by atoms with Gasteiger partial charge in [0.25, 0.3) is 0 Å². The summed E-state index contributed by atoms with van der Waals surface area (Å²) in [6.45, 7) is 9.26. The van der Waals surface area contributed by atoms with Crippen LogP contribution < -0.4 is 10.1 Å². The minimum absolute atomic E-state index is 0.110. The minimum Gasteiger partial charge on any atom is -0.493 e. The van der Waals surface area contributed by atoms with Crippen LogP contribution in [-0.2, 0) is 20.8 Å². The number of amides is 1. The third-order valence-corrected chi connectivity index (χ3v) is 5.87. The molecule has 1 amide bonds. The van der Waals surface area contributed by atoms with Crippen LogP contribution in [0.25, 0.3) is 0 Å². The molecule has 178 valence electrons. The highest BCUT2D eigenvalue weighted by Gasteiger charge is 2.30. The predicted octanol–water partition coefficient (Wildman–Crippen LogP) is 2.14. The monoisotopic (exact) mass is 446 g/mol. The number of carbonyl (C=O) groups excluding carboxylic acids is 1. The molecule has 0 saturated carbocycles. The van der Waals surface area contributed by atoms with E-state index in [4.69, 9.17) is 19.2 Å². The van der Waals surface area contributed by atoms with E-state index in [-0.39, 0.29) is 11.8 Å². The first kappa shape index (κ1) is 24.3. The Morgan fingerprint density at radius 2 is 1.94 bits per heavy atom. The van der Waals surface area contributed by atoms with Crippen molar-refractivity contribution < 1.29 is 19.0 Å². The minimum atomic E-state index is 0.110. The molecule has 2 aliphatic heterocycles. The second-order valence-corrected chi connectivity index (χ2v) is 8.21. The summed E-state index contributed by atoms with van der Waals surface area (Å²) in [5, 5.41) is 3.41. The van der Waals surface area contributed by atoms with Crippen molar-refractivity contribution in [3.05, 3.63) is 29.8 Å². The van der Waals surface area contributed by atoms with Gasteiger partial charge >= 0.3 is 0 Å². The number of nitrogens with one attached hydrogen (secondary N) is 1. The summed E-state index contributed by atoms with van der Waals surface area (Å²) in [4.78, 5) is 21.9. The molecule has 0 aromatic heterocycles. The molecule has 1 aromatic carbocycles. The van der Waals surface area contributed by atoms with E-state index in [9.17, 15) is 4.79 Å². The number of piperidine rings is 1. The standard InChI is InChI=1S/C24H38N4O4/c1-3-25-24(26-19-20-6-4-7-22(18-20)32-15-5-14-30-2)28-10-8-21(9-11-28)23(29)27-12-16-31-17-13-27/h4,6-7,18,21H,3,5,8-17,19H2,1-2H3,(H,25,26). The Labute approximate surface area is 191 Å². The molecule has 0 radical (unpaired) electrons. The number of guanidine groups is 1. The number of morpholine rings is 1. The zero-order chi connectivity index (χ0) is 22.6. The lowest BCUT2D eigenvalue weighted by Gasteiger charge is -2.36. The average Bonchev–Trinajstić information content (AvgIpc) is 2.85. The van der Waals surface area contributed by atoms with E-state index >= 15 is 0 Å². The number of nitrogens with zero attached hydrogens (tertiary/aromatic N) is 3. The number of hydrogen-bond donors (Lipinski definition) is 1. The van der Waals surface area contributed by atoms with Crippen molar-refractivity contribution in [1.29, 1.82) is 0 Å². The second kappa shape index (κ2) is 13.3. The first-order valence-electron chi connectivity index (χ1n) is 11.8. The third-order valence-electron chi connectivity index (χ3n) is 5.87. The Morgan fingerprint density at radius 3 is 2.66 bits per heavy atom. The molecule has 2 heterocycles. The number of hydrogen-bond acceptors (Lipinski definition) is 5. The van der Waals surface area contributed by atoms with Gasteiger partial charge in [0, 0.05) is 58.8 Å². The Balaban J connectivity index is 1.52. The molecular formula is C24H38N4O4. The van der Waals surface area contributed by atoms with Gasteiger partial charge in [0.1, 0.15) is 5.75 Å². The van der Waals surface area contributed by atoms with Gasteiger partial charge in [-0.2, -0.15) is 0 Å². The highest BCUT2D eigenvalue weighted by Crippen LogP contribution is 2.21. The average molecular weight is 447 g/mol. The van der Waals surface area contributed by atoms with Crippen molar-refractivity contribution in [3.8, 4) is 5.75 Å². The summed E-state index contributed by atoms with van der Waals surface area (Å²) in [7, 11) is 1.70. The SMILES string of the molecule is CCNC(=NCc1cccc(OCCCOC)c1)N1CCC(C(=O)N2CCOCC2)CC1. The number of rotatable bonds is 9. The van der Waals surface area contributed by atoms with Gasteiger partial charge in [0.05, 0.1) is 26.4 Å². The lowest BCUT2D eigenvalue weighted by molar-refractivity contribution is -0.140. The Kier molecular flexibility index (Phi) is 10.1. The molecule has 3 rings (SSSR count). The summed E-state index contributed by atoms with van der Waals surface area (Å²) in [6, 6.07) is 8.10. The summed E-state index contributed by atoms with van der Waals surface area (Å²) in [5.41, 5.74) is 1.11. The number of benzene rings is 1. The zero-order valence-electron chi connectivity index (χ0n) is 19.6. The van der Waals surface area contributed by atoms with Crippen LogP contribution in [0, 0.1) is 5.92 Å². The molecule has 8 nitrogen and oxygen atoms in total. The van der Waals surface area contributed by atoms with E-state index < -0.39 is 0 Å². The van der Waals surface area contributed by atoms with Crippen molar-refractivity contribution in [3.63, 3.8) is 0 Å². The number of ether oxygens (including phenoxy) is 3. The van der Waals surface area contributed by atoms with Gasteiger partial charge in [-0.25, -0.2) is 4.99 Å². The highest BCUT2D eigenvalue weighted by atomic mass is 16.5. The smallest absolute Gasteiger partial charge is 0.225 e. The van der Waals surface area contributed by atoms with Crippen molar-refractivity contribution in [2.45, 2.75) is 32.7 Å². The molecule has 32 heavy (non-hydrogen) atoms. The first-order chi connectivity index (χ1) is 15.7. The number of carbonyl (C=O) groups is 1. The van der Waals surface area contributed by atoms with Gasteiger partial charge in [0.15, 0.2) is 5.96 Å². The first-order valence-corrected chi connectivity index (χ1v) is 11.8. The molecule has 0 aliphatic carbocycles. The van der Waals surface area contributed by atoms with Crippen LogP contribution >= 0.6 is 0 Å². The quantitative estimate of drug-likeness (QED) is 0.356. The molecule has 0 spiro atoms. The van der Waals surface area contributed by atoms with Crippen LogP contribution in [0.2, 0.25) is 0 Å². The topological polar surface area (TPSA) is 75.6 Å². The molecule has 2 aliphatic rings. The lowest BCUT2D eigenvalue weighted by atomic mass is 9.95. The van der Waals surface area contributed by atoms with Gasteiger partial charge in [-0.3, -0.25) is 4.79 Å². The van der Waals surface area contributed by atoms with Crippen LogP contribution in [0.1, 0.15) is 31.7 Å². The van der Waals surface area contributed by atoms with Crippen LogP contribution in [-0.4, -0.2) is 87.9 Å². The molecule has 8 heteroatoms. The van der Waals surface area contributed by atoms with E-state index in [0.717, 1.165) is 69.3 Å². The molecule has 2 fully saturated rings. The molecule has 0 unspecified atom stereocenters. The molecule has 0 bridgehead atoms. The summed E-state index contributed by atoms with van der Waals surface area (Å²) in [6.07, 6.45) is 2.60.